The Labute approximate surface area is 105 Å². The van der Waals surface area contributed by atoms with Crippen molar-refractivity contribution >= 4 is 17.6 Å². The summed E-state index contributed by atoms with van der Waals surface area (Å²) in [7, 11) is 3.08. The van der Waals surface area contributed by atoms with Gasteiger partial charge < -0.3 is 14.6 Å². The summed E-state index contributed by atoms with van der Waals surface area (Å²) < 4.78 is 10.4. The maximum absolute atomic E-state index is 10.5. The first-order valence-electron chi connectivity index (χ1n) is 5.20. The van der Waals surface area contributed by atoms with Crippen molar-refractivity contribution in [1.82, 2.24) is 0 Å². The summed E-state index contributed by atoms with van der Waals surface area (Å²) in [6.07, 6.45) is 1.25. The van der Waals surface area contributed by atoms with Gasteiger partial charge in [-0.25, -0.2) is 0 Å². The van der Waals surface area contributed by atoms with Gasteiger partial charge in [-0.3, -0.25) is 4.79 Å². The van der Waals surface area contributed by atoms with Crippen LogP contribution < -0.4 is 9.47 Å². The highest BCUT2D eigenvalue weighted by Gasteiger charge is 2.12. The van der Waals surface area contributed by atoms with E-state index in [4.69, 9.17) is 26.2 Å². The highest BCUT2D eigenvalue weighted by molar-refractivity contribution is 6.30. The highest BCUT2D eigenvalue weighted by Crippen LogP contribution is 2.35. The summed E-state index contributed by atoms with van der Waals surface area (Å²) in [5, 5.41) is 9.14. The minimum absolute atomic E-state index is 0.123. The molecule has 0 bridgehead atoms. The van der Waals surface area contributed by atoms with Crippen molar-refractivity contribution < 1.29 is 19.4 Å². The largest absolute Gasteiger partial charge is 0.493 e. The molecule has 17 heavy (non-hydrogen) atoms. The van der Waals surface area contributed by atoms with Gasteiger partial charge in [0.05, 0.1) is 14.2 Å². The quantitative estimate of drug-likeness (QED) is 0.852. The second-order valence-electron chi connectivity index (χ2n) is 3.55. The van der Waals surface area contributed by atoms with Crippen LogP contribution in [0.5, 0.6) is 11.5 Å². The number of aliphatic carboxylic acids is 1. The van der Waals surface area contributed by atoms with E-state index >= 15 is 0 Å². The lowest BCUT2D eigenvalue weighted by atomic mass is 10.1. The number of hydrogen-bond donors (Lipinski definition) is 1. The Balaban J connectivity index is 2.88. The SMILES string of the molecule is COc1cc(Cl)cc(CCCC(=O)O)c1OC. The van der Waals surface area contributed by atoms with E-state index in [0.29, 0.717) is 29.4 Å². The van der Waals surface area contributed by atoms with Gasteiger partial charge in [-0.05, 0) is 24.5 Å². The monoisotopic (exact) mass is 258 g/mol. The molecule has 0 heterocycles. The average molecular weight is 259 g/mol. The smallest absolute Gasteiger partial charge is 0.303 e. The van der Waals surface area contributed by atoms with Crippen LogP contribution in [0.25, 0.3) is 0 Å². The molecule has 0 unspecified atom stereocenters. The third kappa shape index (κ3) is 3.82. The number of carboxylic acids is 1. The van der Waals surface area contributed by atoms with Crippen molar-refractivity contribution in [2.24, 2.45) is 0 Å². The molecular weight excluding hydrogens is 244 g/mol. The standard InChI is InChI=1S/C12H15ClO4/c1-16-10-7-9(13)6-8(12(10)17-2)4-3-5-11(14)15/h6-7H,3-5H2,1-2H3,(H,14,15). The summed E-state index contributed by atoms with van der Waals surface area (Å²) in [6.45, 7) is 0. The fourth-order valence-corrected chi connectivity index (χ4v) is 1.85. The lowest BCUT2D eigenvalue weighted by Gasteiger charge is -2.13. The number of ether oxygens (including phenoxy) is 2. The molecule has 1 rings (SSSR count). The van der Waals surface area contributed by atoms with Gasteiger partial charge in [0.15, 0.2) is 11.5 Å². The van der Waals surface area contributed by atoms with E-state index in [1.807, 2.05) is 0 Å². The van der Waals surface area contributed by atoms with Crippen LogP contribution in [0.2, 0.25) is 5.02 Å². The van der Waals surface area contributed by atoms with Crippen LogP contribution >= 0.6 is 11.6 Å². The first-order chi connectivity index (χ1) is 8.08. The number of benzene rings is 1. The van der Waals surface area contributed by atoms with Crippen molar-refractivity contribution in [1.29, 1.82) is 0 Å². The topological polar surface area (TPSA) is 55.8 Å². The highest BCUT2D eigenvalue weighted by atomic mass is 35.5. The van der Waals surface area contributed by atoms with Crippen LogP contribution in [0.4, 0.5) is 0 Å². The van der Waals surface area contributed by atoms with Crippen LogP contribution in [0, 0.1) is 0 Å². The molecule has 0 amide bonds. The Bertz CT molecular complexity index is 404. The Morgan fingerprint density at radius 2 is 2.06 bits per heavy atom. The first-order valence-corrected chi connectivity index (χ1v) is 5.58. The van der Waals surface area contributed by atoms with Gasteiger partial charge >= 0.3 is 5.97 Å². The van der Waals surface area contributed by atoms with Gasteiger partial charge in [0, 0.05) is 17.5 Å². The molecule has 0 saturated heterocycles. The molecule has 0 spiro atoms. The van der Waals surface area contributed by atoms with E-state index in [1.54, 1.807) is 19.2 Å². The van der Waals surface area contributed by atoms with Crippen LogP contribution in [-0.4, -0.2) is 25.3 Å². The molecule has 0 saturated carbocycles. The number of methoxy groups -OCH3 is 2. The van der Waals surface area contributed by atoms with Crippen LogP contribution in [0.1, 0.15) is 18.4 Å². The molecule has 0 aliphatic rings. The van der Waals surface area contributed by atoms with Crippen molar-refractivity contribution in [2.75, 3.05) is 14.2 Å². The molecule has 0 aliphatic heterocycles. The zero-order valence-corrected chi connectivity index (χ0v) is 10.6. The van der Waals surface area contributed by atoms with Crippen LogP contribution in [-0.2, 0) is 11.2 Å². The lowest BCUT2D eigenvalue weighted by molar-refractivity contribution is -0.137. The molecule has 0 radical (unpaired) electrons. The number of rotatable bonds is 6. The molecule has 4 nitrogen and oxygen atoms in total. The molecule has 0 aromatic heterocycles. The maximum Gasteiger partial charge on any atom is 0.303 e. The van der Waals surface area contributed by atoms with Gasteiger partial charge in [-0.2, -0.15) is 0 Å². The molecular formula is C12H15ClO4. The van der Waals surface area contributed by atoms with Crippen molar-refractivity contribution in [2.45, 2.75) is 19.3 Å². The summed E-state index contributed by atoms with van der Waals surface area (Å²) >= 11 is 5.95. The molecule has 94 valence electrons. The van der Waals surface area contributed by atoms with Crippen molar-refractivity contribution in [3.8, 4) is 11.5 Å². The number of carboxylic acid groups (broad SMARTS) is 1. The van der Waals surface area contributed by atoms with Crippen LogP contribution in [0.3, 0.4) is 0 Å². The molecule has 0 atom stereocenters. The Morgan fingerprint density at radius 3 is 2.59 bits per heavy atom. The van der Waals surface area contributed by atoms with Gasteiger partial charge in [0.25, 0.3) is 0 Å². The fourth-order valence-electron chi connectivity index (χ4n) is 1.62. The van der Waals surface area contributed by atoms with E-state index in [0.717, 1.165) is 5.56 Å². The third-order valence-corrected chi connectivity index (χ3v) is 2.58. The number of carbonyl (C=O) groups is 1. The minimum atomic E-state index is -0.807. The zero-order chi connectivity index (χ0) is 12.8. The number of hydrogen-bond acceptors (Lipinski definition) is 3. The predicted molar refractivity (Wildman–Crippen MR) is 65.1 cm³/mol. The van der Waals surface area contributed by atoms with E-state index in [2.05, 4.69) is 0 Å². The Hall–Kier alpha value is -1.42. The van der Waals surface area contributed by atoms with Crippen molar-refractivity contribution in [3.63, 3.8) is 0 Å². The zero-order valence-electron chi connectivity index (χ0n) is 9.83. The summed E-state index contributed by atoms with van der Waals surface area (Å²) in [5.74, 6) is 0.366. The molecule has 1 aromatic rings. The van der Waals surface area contributed by atoms with E-state index in [-0.39, 0.29) is 6.42 Å². The minimum Gasteiger partial charge on any atom is -0.493 e. The van der Waals surface area contributed by atoms with E-state index in [9.17, 15) is 4.79 Å². The molecule has 0 fully saturated rings. The molecule has 1 N–H and O–H groups in total. The molecule has 1 aromatic carbocycles. The maximum atomic E-state index is 10.5. The van der Waals surface area contributed by atoms with Gasteiger partial charge in [0.2, 0.25) is 0 Å². The van der Waals surface area contributed by atoms with Crippen molar-refractivity contribution in [3.05, 3.63) is 22.7 Å². The molecule has 5 heteroatoms. The summed E-state index contributed by atoms with van der Waals surface area (Å²) in [5.41, 5.74) is 0.859. The third-order valence-electron chi connectivity index (χ3n) is 2.36. The van der Waals surface area contributed by atoms with Gasteiger partial charge in [-0.15, -0.1) is 0 Å². The lowest BCUT2D eigenvalue weighted by Crippen LogP contribution is -1.99. The van der Waals surface area contributed by atoms with Gasteiger partial charge in [-0.1, -0.05) is 11.6 Å². The summed E-state index contributed by atoms with van der Waals surface area (Å²) in [4.78, 5) is 10.5. The second-order valence-corrected chi connectivity index (χ2v) is 3.98. The average Bonchev–Trinajstić information content (AvgIpc) is 2.27. The fraction of sp³-hybridized carbons (Fsp3) is 0.417. The second kappa shape index (κ2) is 6.35. The Morgan fingerprint density at radius 1 is 1.35 bits per heavy atom. The normalized spacial score (nSPS) is 10.1. The Kier molecular flexibility index (Phi) is 5.10. The van der Waals surface area contributed by atoms with Crippen LogP contribution in [0.15, 0.2) is 12.1 Å². The van der Waals surface area contributed by atoms with E-state index in [1.165, 1.54) is 7.11 Å². The number of aryl methyl sites for hydroxylation is 1. The first kappa shape index (κ1) is 13.6. The van der Waals surface area contributed by atoms with Gasteiger partial charge in [0.1, 0.15) is 0 Å². The summed E-state index contributed by atoms with van der Waals surface area (Å²) in [6, 6.07) is 3.44. The predicted octanol–water partition coefficient (Wildman–Crippen LogP) is 2.76. The van der Waals surface area contributed by atoms with E-state index < -0.39 is 5.97 Å². The number of halogens is 1. The molecule has 0 aliphatic carbocycles.